The predicted octanol–water partition coefficient (Wildman–Crippen LogP) is 3.18. The van der Waals surface area contributed by atoms with Crippen LogP contribution in [0.2, 0.25) is 0 Å². The van der Waals surface area contributed by atoms with Crippen LogP contribution in [0.5, 0.6) is 0 Å². The molecule has 0 aliphatic carbocycles. The van der Waals surface area contributed by atoms with Crippen molar-refractivity contribution in [2.24, 2.45) is 0 Å². The van der Waals surface area contributed by atoms with Gasteiger partial charge in [-0.1, -0.05) is 22.0 Å². The Kier molecular flexibility index (Phi) is 4.34. The number of aliphatic hydroxyl groups is 1. The fourth-order valence-corrected chi connectivity index (χ4v) is 4.13. The predicted molar refractivity (Wildman–Crippen MR) is 86.2 cm³/mol. The summed E-state index contributed by atoms with van der Waals surface area (Å²) < 4.78 is 1.01. The number of halogens is 1. The molecule has 0 aromatic heterocycles. The molecule has 2 saturated heterocycles. The van der Waals surface area contributed by atoms with E-state index in [2.05, 4.69) is 37.9 Å². The minimum absolute atomic E-state index is 0.422. The van der Waals surface area contributed by atoms with E-state index in [0.717, 1.165) is 29.2 Å². The molecule has 4 heteroatoms. The van der Waals surface area contributed by atoms with Crippen LogP contribution >= 0.6 is 15.9 Å². The van der Waals surface area contributed by atoms with Crippen LogP contribution < -0.4 is 4.90 Å². The summed E-state index contributed by atoms with van der Waals surface area (Å²) in [4.78, 5) is 5.12. The first-order chi connectivity index (χ1) is 9.65. The zero-order chi connectivity index (χ0) is 14.1. The molecule has 110 valence electrons. The van der Waals surface area contributed by atoms with Crippen LogP contribution in [0.4, 0.5) is 5.69 Å². The lowest BCUT2D eigenvalue weighted by Crippen LogP contribution is -2.35. The van der Waals surface area contributed by atoms with Crippen LogP contribution in [0.1, 0.15) is 37.9 Å². The van der Waals surface area contributed by atoms with E-state index >= 15 is 0 Å². The van der Waals surface area contributed by atoms with Gasteiger partial charge in [-0.05, 0) is 57.0 Å². The van der Waals surface area contributed by atoms with Crippen molar-refractivity contribution >= 4 is 21.6 Å². The van der Waals surface area contributed by atoms with E-state index in [9.17, 15) is 5.11 Å². The average Bonchev–Trinajstić information content (AvgIpc) is 3.09. The molecule has 0 amide bonds. The van der Waals surface area contributed by atoms with E-state index in [1.54, 1.807) is 6.92 Å². The van der Waals surface area contributed by atoms with E-state index in [1.807, 2.05) is 6.07 Å². The van der Waals surface area contributed by atoms with Crippen molar-refractivity contribution < 1.29 is 5.11 Å². The van der Waals surface area contributed by atoms with Crippen LogP contribution in [-0.2, 0) is 0 Å². The minimum Gasteiger partial charge on any atom is -0.389 e. The highest BCUT2D eigenvalue weighted by Crippen LogP contribution is 2.31. The molecule has 2 aliphatic heterocycles. The molecule has 1 N–H and O–H groups in total. The Bertz CT molecular complexity index is 472. The van der Waals surface area contributed by atoms with E-state index in [4.69, 9.17) is 0 Å². The Morgan fingerprint density at radius 2 is 2.00 bits per heavy atom. The first-order valence-corrected chi connectivity index (χ1v) is 8.41. The Morgan fingerprint density at radius 1 is 1.25 bits per heavy atom. The number of nitrogens with zero attached hydrogens (tertiary/aromatic N) is 2. The summed E-state index contributed by atoms with van der Waals surface area (Å²) in [7, 11) is 0. The highest BCUT2D eigenvalue weighted by atomic mass is 79.9. The fraction of sp³-hybridized carbons (Fsp3) is 0.625. The van der Waals surface area contributed by atoms with Crippen LogP contribution in [0, 0.1) is 0 Å². The second-order valence-corrected chi connectivity index (χ2v) is 6.87. The summed E-state index contributed by atoms with van der Waals surface area (Å²) in [5, 5.41) is 9.70. The number of anilines is 1. The van der Waals surface area contributed by atoms with Crippen LogP contribution in [0.3, 0.4) is 0 Å². The molecule has 0 bridgehead atoms. The average molecular weight is 339 g/mol. The molecular weight excluding hydrogens is 316 g/mol. The summed E-state index contributed by atoms with van der Waals surface area (Å²) in [6.07, 6.45) is 3.58. The molecule has 20 heavy (non-hydrogen) atoms. The van der Waals surface area contributed by atoms with Gasteiger partial charge < -0.3 is 10.0 Å². The van der Waals surface area contributed by atoms with Gasteiger partial charge in [0.1, 0.15) is 0 Å². The molecule has 0 radical (unpaired) electrons. The molecule has 0 spiro atoms. The number of benzene rings is 1. The van der Waals surface area contributed by atoms with Gasteiger partial charge in [0, 0.05) is 29.3 Å². The molecule has 2 heterocycles. The molecule has 1 aromatic carbocycles. The lowest BCUT2D eigenvalue weighted by Gasteiger charge is -2.25. The van der Waals surface area contributed by atoms with E-state index < -0.39 is 6.10 Å². The van der Waals surface area contributed by atoms with Gasteiger partial charge in [0.2, 0.25) is 0 Å². The first-order valence-electron chi connectivity index (χ1n) is 7.61. The van der Waals surface area contributed by atoms with Gasteiger partial charge in [0.05, 0.1) is 6.10 Å². The summed E-state index contributed by atoms with van der Waals surface area (Å²) in [5.41, 5.74) is 2.23. The smallest absolute Gasteiger partial charge is 0.0772 e. The van der Waals surface area contributed by atoms with Gasteiger partial charge >= 0.3 is 0 Å². The maximum atomic E-state index is 9.70. The standard InChI is InChI=1S/C16H23BrN2O/c1-12(20)15-5-4-13(10-16(15)17)19-9-6-14(11-19)18-7-2-3-8-18/h4-5,10,12,14,20H,2-3,6-9,11H2,1H3. The molecule has 1 aromatic rings. The minimum atomic E-state index is -0.422. The van der Waals surface area contributed by atoms with Gasteiger partial charge in [0.15, 0.2) is 0 Å². The number of rotatable bonds is 3. The van der Waals surface area contributed by atoms with Gasteiger partial charge in [-0.3, -0.25) is 4.90 Å². The van der Waals surface area contributed by atoms with Gasteiger partial charge in [0.25, 0.3) is 0 Å². The number of hydrogen-bond donors (Lipinski definition) is 1. The Hall–Kier alpha value is -0.580. The molecule has 2 atom stereocenters. The molecular formula is C16H23BrN2O. The third-order valence-electron chi connectivity index (χ3n) is 4.62. The lowest BCUT2D eigenvalue weighted by molar-refractivity contribution is 0.198. The maximum Gasteiger partial charge on any atom is 0.0772 e. The van der Waals surface area contributed by atoms with E-state index in [0.29, 0.717) is 0 Å². The van der Waals surface area contributed by atoms with Crippen molar-refractivity contribution in [1.29, 1.82) is 0 Å². The van der Waals surface area contributed by atoms with Crippen LogP contribution in [0.25, 0.3) is 0 Å². The second kappa shape index (κ2) is 6.04. The highest BCUT2D eigenvalue weighted by molar-refractivity contribution is 9.10. The van der Waals surface area contributed by atoms with Crippen molar-refractivity contribution in [2.45, 2.75) is 38.3 Å². The van der Waals surface area contributed by atoms with Gasteiger partial charge in [-0.25, -0.2) is 0 Å². The number of aliphatic hydroxyl groups excluding tert-OH is 1. The zero-order valence-corrected chi connectivity index (χ0v) is 13.6. The van der Waals surface area contributed by atoms with Crippen molar-refractivity contribution in [3.8, 4) is 0 Å². The molecule has 3 rings (SSSR count). The molecule has 2 aliphatic rings. The molecule has 2 fully saturated rings. The zero-order valence-electron chi connectivity index (χ0n) is 12.1. The Morgan fingerprint density at radius 3 is 2.65 bits per heavy atom. The highest BCUT2D eigenvalue weighted by Gasteiger charge is 2.29. The number of likely N-dealkylation sites (tertiary alicyclic amines) is 1. The van der Waals surface area contributed by atoms with E-state index in [1.165, 1.54) is 38.0 Å². The van der Waals surface area contributed by atoms with Crippen LogP contribution in [-0.4, -0.2) is 42.2 Å². The second-order valence-electron chi connectivity index (χ2n) is 6.01. The third kappa shape index (κ3) is 2.87. The monoisotopic (exact) mass is 338 g/mol. The lowest BCUT2D eigenvalue weighted by atomic mass is 10.1. The van der Waals surface area contributed by atoms with Crippen molar-refractivity contribution in [3.05, 3.63) is 28.2 Å². The normalized spacial score (nSPS) is 25.4. The topological polar surface area (TPSA) is 26.7 Å². The largest absolute Gasteiger partial charge is 0.389 e. The Balaban J connectivity index is 1.69. The van der Waals surface area contributed by atoms with Crippen molar-refractivity contribution in [1.82, 2.24) is 4.90 Å². The van der Waals surface area contributed by atoms with Crippen molar-refractivity contribution in [2.75, 3.05) is 31.1 Å². The first kappa shape index (κ1) is 14.4. The summed E-state index contributed by atoms with van der Waals surface area (Å²) >= 11 is 3.58. The van der Waals surface area contributed by atoms with Gasteiger partial charge in [-0.15, -0.1) is 0 Å². The van der Waals surface area contributed by atoms with Crippen LogP contribution in [0.15, 0.2) is 22.7 Å². The quantitative estimate of drug-likeness (QED) is 0.916. The maximum absolute atomic E-state index is 9.70. The van der Waals surface area contributed by atoms with E-state index in [-0.39, 0.29) is 0 Å². The van der Waals surface area contributed by atoms with Gasteiger partial charge in [-0.2, -0.15) is 0 Å². The SMILES string of the molecule is CC(O)c1ccc(N2CCC(N3CCCC3)C2)cc1Br. The third-order valence-corrected chi connectivity index (χ3v) is 5.31. The fourth-order valence-electron chi connectivity index (χ4n) is 3.43. The summed E-state index contributed by atoms with van der Waals surface area (Å²) in [6, 6.07) is 7.05. The molecule has 2 unspecified atom stereocenters. The molecule has 3 nitrogen and oxygen atoms in total. The van der Waals surface area contributed by atoms with Crippen molar-refractivity contribution in [3.63, 3.8) is 0 Å². The summed E-state index contributed by atoms with van der Waals surface area (Å²) in [6.45, 7) is 6.65. The summed E-state index contributed by atoms with van der Waals surface area (Å²) in [5.74, 6) is 0. The number of hydrogen-bond acceptors (Lipinski definition) is 3. The Labute approximate surface area is 129 Å². The molecule has 0 saturated carbocycles.